The summed E-state index contributed by atoms with van der Waals surface area (Å²) < 4.78 is 0. The van der Waals surface area contributed by atoms with Crippen molar-refractivity contribution < 1.29 is 0 Å². The van der Waals surface area contributed by atoms with E-state index in [2.05, 4.69) is 51.8 Å². The number of nitrogens with zero attached hydrogens (tertiary/aromatic N) is 2. The lowest BCUT2D eigenvalue weighted by atomic mass is 9.85. The Labute approximate surface area is 127 Å². The van der Waals surface area contributed by atoms with Gasteiger partial charge in [-0.15, -0.1) is 11.3 Å². The normalized spacial score (nSPS) is 22.1. The lowest BCUT2D eigenvalue weighted by Crippen LogP contribution is -2.67. The first-order valence-electron chi connectivity index (χ1n) is 7.75. The molecule has 0 saturated carbocycles. The fourth-order valence-electron chi connectivity index (χ4n) is 2.91. The van der Waals surface area contributed by atoms with Crippen LogP contribution in [0, 0.1) is 13.8 Å². The van der Waals surface area contributed by atoms with Crippen molar-refractivity contribution in [2.75, 3.05) is 13.1 Å². The van der Waals surface area contributed by atoms with E-state index in [1.165, 1.54) is 28.4 Å². The minimum Gasteiger partial charge on any atom is -0.308 e. The van der Waals surface area contributed by atoms with Crippen LogP contribution < -0.4 is 5.32 Å². The van der Waals surface area contributed by atoms with Crippen molar-refractivity contribution in [2.24, 2.45) is 0 Å². The van der Waals surface area contributed by atoms with Gasteiger partial charge in [0.05, 0.1) is 12.2 Å². The maximum atomic E-state index is 4.73. The van der Waals surface area contributed by atoms with Crippen LogP contribution in [0.15, 0.2) is 0 Å². The van der Waals surface area contributed by atoms with Crippen molar-refractivity contribution in [3.8, 4) is 0 Å². The van der Waals surface area contributed by atoms with Gasteiger partial charge in [0.2, 0.25) is 0 Å². The van der Waals surface area contributed by atoms with Gasteiger partial charge in [0, 0.05) is 29.0 Å². The highest BCUT2D eigenvalue weighted by Gasteiger charge is 2.40. The molecule has 0 atom stereocenters. The fraction of sp³-hybridized carbons (Fsp3) is 0.812. The van der Waals surface area contributed by atoms with Crippen LogP contribution in [-0.4, -0.2) is 34.1 Å². The van der Waals surface area contributed by atoms with Crippen LogP contribution in [-0.2, 0) is 6.54 Å². The monoisotopic (exact) mass is 295 g/mol. The predicted octanol–water partition coefficient (Wildman–Crippen LogP) is 3.50. The summed E-state index contributed by atoms with van der Waals surface area (Å²) in [5.74, 6) is 0. The van der Waals surface area contributed by atoms with E-state index in [-0.39, 0.29) is 11.1 Å². The Balaban J connectivity index is 2.17. The summed E-state index contributed by atoms with van der Waals surface area (Å²) in [6.07, 6.45) is 2.37. The van der Waals surface area contributed by atoms with Crippen LogP contribution in [0.25, 0.3) is 0 Å². The molecular weight excluding hydrogens is 266 g/mol. The molecule has 1 fully saturated rings. The molecule has 0 bridgehead atoms. The van der Waals surface area contributed by atoms with Gasteiger partial charge in [0.25, 0.3) is 0 Å². The predicted molar refractivity (Wildman–Crippen MR) is 87.4 cm³/mol. The highest BCUT2D eigenvalue weighted by molar-refractivity contribution is 7.11. The third-order valence-corrected chi connectivity index (χ3v) is 6.06. The number of aromatic nitrogens is 1. The third-order valence-electron chi connectivity index (χ3n) is 5.00. The molecule has 20 heavy (non-hydrogen) atoms. The van der Waals surface area contributed by atoms with Crippen molar-refractivity contribution in [3.05, 3.63) is 15.6 Å². The van der Waals surface area contributed by atoms with Gasteiger partial charge in [0.15, 0.2) is 0 Å². The number of aryl methyl sites for hydroxylation is 2. The molecule has 1 saturated heterocycles. The number of hydrogen-bond donors (Lipinski definition) is 1. The topological polar surface area (TPSA) is 28.2 Å². The Morgan fingerprint density at radius 1 is 1.25 bits per heavy atom. The summed E-state index contributed by atoms with van der Waals surface area (Å²) >= 11 is 1.85. The fourth-order valence-corrected chi connectivity index (χ4v) is 3.86. The molecule has 0 aromatic carbocycles. The lowest BCUT2D eigenvalue weighted by Gasteiger charge is -2.51. The highest BCUT2D eigenvalue weighted by atomic mass is 32.1. The number of rotatable bonds is 4. The summed E-state index contributed by atoms with van der Waals surface area (Å²) in [5, 5.41) is 5.06. The molecule has 0 aliphatic carbocycles. The van der Waals surface area contributed by atoms with Gasteiger partial charge >= 0.3 is 0 Å². The summed E-state index contributed by atoms with van der Waals surface area (Å²) in [7, 11) is 0. The number of hydrogen-bond acceptors (Lipinski definition) is 4. The molecule has 1 aromatic heterocycles. The Morgan fingerprint density at radius 2 is 1.90 bits per heavy atom. The van der Waals surface area contributed by atoms with Crippen LogP contribution in [0.3, 0.4) is 0 Å². The van der Waals surface area contributed by atoms with Crippen molar-refractivity contribution in [1.29, 1.82) is 0 Å². The van der Waals surface area contributed by atoms with Gasteiger partial charge < -0.3 is 5.32 Å². The molecule has 0 radical (unpaired) electrons. The number of piperazine rings is 1. The van der Waals surface area contributed by atoms with Crippen molar-refractivity contribution in [1.82, 2.24) is 15.2 Å². The molecule has 114 valence electrons. The van der Waals surface area contributed by atoms with Crippen LogP contribution in [0.4, 0.5) is 0 Å². The molecule has 4 heteroatoms. The average Bonchev–Trinajstić information content (AvgIpc) is 2.71. The minimum absolute atomic E-state index is 0.196. The van der Waals surface area contributed by atoms with Gasteiger partial charge in [-0.1, -0.05) is 13.8 Å². The molecule has 1 aliphatic rings. The molecule has 0 unspecified atom stereocenters. The first kappa shape index (κ1) is 15.9. The molecule has 3 nitrogen and oxygen atoms in total. The largest absolute Gasteiger partial charge is 0.308 e. The van der Waals surface area contributed by atoms with Crippen molar-refractivity contribution >= 4 is 11.3 Å². The molecule has 0 amide bonds. The van der Waals surface area contributed by atoms with E-state index < -0.39 is 0 Å². The second-order valence-corrected chi connectivity index (χ2v) is 8.05. The quantitative estimate of drug-likeness (QED) is 0.921. The number of nitrogens with one attached hydrogen (secondary N) is 1. The third kappa shape index (κ3) is 3.07. The van der Waals surface area contributed by atoms with E-state index in [9.17, 15) is 0 Å². The SMILES string of the molecule is CCC1(CC)CN(Cc2nc(C)c(C)s2)C(C)(C)CN1. The Morgan fingerprint density at radius 3 is 2.40 bits per heavy atom. The van der Waals surface area contributed by atoms with E-state index in [0.717, 1.165) is 19.6 Å². The second kappa shape index (κ2) is 5.74. The average molecular weight is 295 g/mol. The minimum atomic E-state index is 0.196. The molecular formula is C16H29N3S. The molecule has 1 N–H and O–H groups in total. The van der Waals surface area contributed by atoms with E-state index in [0.29, 0.717) is 0 Å². The molecule has 0 spiro atoms. The molecule has 1 aromatic rings. The van der Waals surface area contributed by atoms with Crippen LogP contribution in [0.5, 0.6) is 0 Å². The van der Waals surface area contributed by atoms with Crippen LogP contribution in [0.1, 0.15) is 56.1 Å². The second-order valence-electron chi connectivity index (χ2n) is 6.76. The Hall–Kier alpha value is -0.450. The maximum Gasteiger partial charge on any atom is 0.107 e. The highest BCUT2D eigenvalue weighted by Crippen LogP contribution is 2.30. The van der Waals surface area contributed by atoms with Gasteiger partial charge in [-0.2, -0.15) is 0 Å². The van der Waals surface area contributed by atoms with E-state index in [1.807, 2.05) is 11.3 Å². The Bertz CT molecular complexity index is 441. The standard InChI is InChI=1S/C16H29N3S/c1-7-16(8-2)11-19(15(5,6)10-17-16)9-14-18-12(3)13(4)20-14/h17H,7-11H2,1-6H3. The summed E-state index contributed by atoms with van der Waals surface area (Å²) in [5.41, 5.74) is 1.66. The van der Waals surface area contributed by atoms with Crippen LogP contribution >= 0.6 is 11.3 Å². The van der Waals surface area contributed by atoms with E-state index in [1.54, 1.807) is 0 Å². The lowest BCUT2D eigenvalue weighted by molar-refractivity contribution is 0.0161. The van der Waals surface area contributed by atoms with Gasteiger partial charge in [-0.25, -0.2) is 4.98 Å². The smallest absolute Gasteiger partial charge is 0.107 e. The van der Waals surface area contributed by atoms with Crippen molar-refractivity contribution in [3.63, 3.8) is 0 Å². The maximum absolute atomic E-state index is 4.73. The molecule has 2 heterocycles. The molecule has 2 rings (SSSR count). The number of thiazole rings is 1. The summed E-state index contributed by atoms with van der Waals surface area (Å²) in [6, 6.07) is 0. The summed E-state index contributed by atoms with van der Waals surface area (Å²) in [4.78, 5) is 8.70. The van der Waals surface area contributed by atoms with E-state index in [4.69, 9.17) is 4.98 Å². The first-order chi connectivity index (χ1) is 9.32. The first-order valence-corrected chi connectivity index (χ1v) is 8.56. The van der Waals surface area contributed by atoms with Gasteiger partial charge in [-0.05, 0) is 40.5 Å². The summed E-state index contributed by atoms with van der Waals surface area (Å²) in [6.45, 7) is 16.7. The molecule has 1 aliphatic heterocycles. The van der Waals surface area contributed by atoms with E-state index >= 15 is 0 Å². The van der Waals surface area contributed by atoms with Crippen LogP contribution in [0.2, 0.25) is 0 Å². The zero-order valence-corrected chi connectivity index (χ0v) is 14.7. The Kier molecular flexibility index (Phi) is 4.57. The zero-order valence-electron chi connectivity index (χ0n) is 13.8. The zero-order chi connectivity index (χ0) is 15.0. The van der Waals surface area contributed by atoms with Gasteiger partial charge in [0.1, 0.15) is 5.01 Å². The van der Waals surface area contributed by atoms with Gasteiger partial charge in [-0.3, -0.25) is 4.90 Å². The van der Waals surface area contributed by atoms with Crippen molar-refractivity contribution in [2.45, 2.75) is 72.0 Å².